The second-order valence-corrected chi connectivity index (χ2v) is 7.37. The van der Waals surface area contributed by atoms with E-state index in [-0.39, 0.29) is 0 Å². The summed E-state index contributed by atoms with van der Waals surface area (Å²) < 4.78 is 0. The van der Waals surface area contributed by atoms with Crippen LogP contribution in [0.5, 0.6) is 0 Å². The van der Waals surface area contributed by atoms with Crippen molar-refractivity contribution in [2.75, 3.05) is 24.5 Å². The van der Waals surface area contributed by atoms with Gasteiger partial charge in [0.15, 0.2) is 0 Å². The Bertz CT molecular complexity index is 697. The van der Waals surface area contributed by atoms with Crippen molar-refractivity contribution in [1.82, 2.24) is 10.3 Å². The lowest BCUT2D eigenvalue weighted by Crippen LogP contribution is -2.48. The third-order valence-corrected chi connectivity index (χ3v) is 5.71. The Morgan fingerprint density at radius 3 is 2.72 bits per heavy atom. The fraction of sp³-hybridized carbons (Fsp3) is 0.476. The van der Waals surface area contributed by atoms with E-state index in [0.29, 0.717) is 12.6 Å². The number of nitrogens with one attached hydrogen (secondary N) is 1. The van der Waals surface area contributed by atoms with Gasteiger partial charge < -0.3 is 15.3 Å². The van der Waals surface area contributed by atoms with Crippen LogP contribution in [-0.2, 0) is 12.0 Å². The Morgan fingerprint density at radius 2 is 1.92 bits per heavy atom. The highest BCUT2D eigenvalue weighted by atomic mass is 16.3. The smallest absolute Gasteiger partial charge is 0.128 e. The lowest BCUT2D eigenvalue weighted by atomic mass is 9.79. The van der Waals surface area contributed by atoms with Crippen molar-refractivity contribution >= 4 is 5.82 Å². The summed E-state index contributed by atoms with van der Waals surface area (Å²) in [6.45, 7) is 2.69. The van der Waals surface area contributed by atoms with Gasteiger partial charge in [0.25, 0.3) is 0 Å². The van der Waals surface area contributed by atoms with Crippen LogP contribution in [0, 0.1) is 0 Å². The molecule has 1 atom stereocenters. The van der Waals surface area contributed by atoms with Gasteiger partial charge in [-0.3, -0.25) is 0 Å². The van der Waals surface area contributed by atoms with Gasteiger partial charge in [0.2, 0.25) is 0 Å². The zero-order valence-electron chi connectivity index (χ0n) is 14.7. The van der Waals surface area contributed by atoms with Crippen molar-refractivity contribution < 1.29 is 5.11 Å². The van der Waals surface area contributed by atoms with Crippen LogP contribution in [0.2, 0.25) is 0 Å². The van der Waals surface area contributed by atoms with Crippen molar-refractivity contribution in [1.29, 1.82) is 0 Å². The Hall–Kier alpha value is -1.91. The first kappa shape index (κ1) is 16.6. The molecule has 4 rings (SSSR count). The molecule has 0 radical (unpaired) electrons. The van der Waals surface area contributed by atoms with Crippen LogP contribution in [0.3, 0.4) is 0 Å². The normalized spacial score (nSPS) is 24.1. The Morgan fingerprint density at radius 1 is 1.12 bits per heavy atom. The number of nitrogens with zero attached hydrogens (tertiary/aromatic N) is 2. The summed E-state index contributed by atoms with van der Waals surface area (Å²) in [5.41, 5.74) is 1.72. The highest BCUT2D eigenvalue weighted by molar-refractivity contribution is 5.38. The first-order valence-electron chi connectivity index (χ1n) is 9.45. The van der Waals surface area contributed by atoms with E-state index >= 15 is 0 Å². The second kappa shape index (κ2) is 7.14. The minimum atomic E-state index is -0.715. The number of pyridine rings is 1. The Balaban J connectivity index is 1.34. The van der Waals surface area contributed by atoms with E-state index in [1.165, 1.54) is 5.56 Å². The van der Waals surface area contributed by atoms with E-state index in [4.69, 9.17) is 0 Å². The molecule has 0 bridgehead atoms. The SMILES string of the molecule is O[C@]1(CNC2CCN(c3ccccn3)CC2)CCCc2ccccc21. The van der Waals surface area contributed by atoms with Gasteiger partial charge in [-0.25, -0.2) is 4.98 Å². The van der Waals surface area contributed by atoms with E-state index < -0.39 is 5.60 Å². The molecule has 0 amide bonds. The van der Waals surface area contributed by atoms with Crippen molar-refractivity contribution in [3.63, 3.8) is 0 Å². The molecular formula is C21H27N3O. The molecule has 4 nitrogen and oxygen atoms in total. The first-order valence-corrected chi connectivity index (χ1v) is 9.45. The van der Waals surface area contributed by atoms with Crippen LogP contribution in [0.1, 0.15) is 36.8 Å². The number of aromatic nitrogens is 1. The minimum absolute atomic E-state index is 0.470. The molecule has 0 unspecified atom stereocenters. The van der Waals surface area contributed by atoms with Crippen molar-refractivity contribution in [3.8, 4) is 0 Å². The second-order valence-electron chi connectivity index (χ2n) is 7.37. The fourth-order valence-electron chi connectivity index (χ4n) is 4.25. The highest BCUT2D eigenvalue weighted by Crippen LogP contribution is 2.35. The lowest BCUT2D eigenvalue weighted by molar-refractivity contribution is 0.0159. The quantitative estimate of drug-likeness (QED) is 0.901. The average molecular weight is 337 g/mol. The van der Waals surface area contributed by atoms with E-state index in [1.54, 1.807) is 0 Å². The summed E-state index contributed by atoms with van der Waals surface area (Å²) >= 11 is 0. The van der Waals surface area contributed by atoms with Crippen LogP contribution in [0.25, 0.3) is 0 Å². The molecule has 2 aliphatic rings. The zero-order valence-corrected chi connectivity index (χ0v) is 14.7. The van der Waals surface area contributed by atoms with Gasteiger partial charge in [0.05, 0.1) is 0 Å². The molecule has 2 N–H and O–H groups in total. The molecule has 2 heterocycles. The van der Waals surface area contributed by atoms with E-state index in [2.05, 4.69) is 39.5 Å². The predicted molar refractivity (Wildman–Crippen MR) is 101 cm³/mol. The molecule has 1 aromatic heterocycles. The number of hydrogen-bond acceptors (Lipinski definition) is 4. The summed E-state index contributed by atoms with van der Waals surface area (Å²) in [7, 11) is 0. The molecule has 0 spiro atoms. The van der Waals surface area contributed by atoms with E-state index in [9.17, 15) is 5.11 Å². The van der Waals surface area contributed by atoms with Gasteiger partial charge in [-0.2, -0.15) is 0 Å². The third kappa shape index (κ3) is 3.55. The average Bonchev–Trinajstić information content (AvgIpc) is 2.68. The van der Waals surface area contributed by atoms with Crippen LogP contribution >= 0.6 is 0 Å². The van der Waals surface area contributed by atoms with Gasteiger partial charge >= 0.3 is 0 Å². The number of anilines is 1. The molecule has 1 aromatic carbocycles. The number of fused-ring (bicyclic) bond motifs is 1. The molecule has 25 heavy (non-hydrogen) atoms. The lowest BCUT2D eigenvalue weighted by Gasteiger charge is -2.38. The van der Waals surface area contributed by atoms with Crippen LogP contribution < -0.4 is 10.2 Å². The van der Waals surface area contributed by atoms with Gasteiger partial charge in [0.1, 0.15) is 11.4 Å². The summed E-state index contributed by atoms with van der Waals surface area (Å²) in [5.74, 6) is 1.07. The van der Waals surface area contributed by atoms with Gasteiger partial charge in [0, 0.05) is 31.9 Å². The minimum Gasteiger partial charge on any atom is -0.384 e. The fourth-order valence-corrected chi connectivity index (χ4v) is 4.25. The summed E-state index contributed by atoms with van der Waals surface area (Å²) in [6, 6.07) is 14.9. The maximum atomic E-state index is 11.2. The molecule has 1 aliphatic heterocycles. The molecule has 1 aliphatic carbocycles. The van der Waals surface area contributed by atoms with Crippen LogP contribution in [-0.4, -0.2) is 35.8 Å². The maximum Gasteiger partial charge on any atom is 0.128 e. The molecule has 1 saturated heterocycles. The molecular weight excluding hydrogens is 310 g/mol. The zero-order chi connectivity index (χ0) is 17.1. The monoisotopic (exact) mass is 337 g/mol. The number of hydrogen-bond donors (Lipinski definition) is 2. The molecule has 2 aromatic rings. The number of aliphatic hydroxyl groups is 1. The summed E-state index contributed by atoms with van der Waals surface area (Å²) in [6.07, 6.45) is 7.04. The van der Waals surface area contributed by atoms with E-state index in [0.717, 1.165) is 56.6 Å². The highest BCUT2D eigenvalue weighted by Gasteiger charge is 2.34. The standard InChI is InChI=1S/C21H27N3O/c25-21(12-5-7-17-6-1-2-8-19(17)21)16-23-18-10-14-24(15-11-18)20-9-3-4-13-22-20/h1-4,6,8-9,13,18,23,25H,5,7,10-12,14-16H2/t21-/m0/s1. The summed E-state index contributed by atoms with van der Waals surface area (Å²) in [4.78, 5) is 6.80. The van der Waals surface area contributed by atoms with Gasteiger partial charge in [-0.1, -0.05) is 30.3 Å². The molecule has 4 heteroatoms. The molecule has 0 saturated carbocycles. The topological polar surface area (TPSA) is 48.4 Å². The van der Waals surface area contributed by atoms with Crippen LogP contribution in [0.4, 0.5) is 5.82 Å². The van der Waals surface area contributed by atoms with Crippen LogP contribution in [0.15, 0.2) is 48.7 Å². The Kier molecular flexibility index (Phi) is 4.73. The van der Waals surface area contributed by atoms with Crippen molar-refractivity contribution in [2.24, 2.45) is 0 Å². The number of benzene rings is 1. The predicted octanol–water partition coefficient (Wildman–Crippen LogP) is 2.86. The first-order chi connectivity index (χ1) is 12.2. The maximum absolute atomic E-state index is 11.2. The molecule has 132 valence electrons. The Labute approximate surface area is 149 Å². The van der Waals surface area contributed by atoms with Gasteiger partial charge in [-0.05, 0) is 55.4 Å². The molecule has 1 fully saturated rings. The van der Waals surface area contributed by atoms with E-state index in [1.807, 2.05) is 24.4 Å². The number of piperidine rings is 1. The van der Waals surface area contributed by atoms with Gasteiger partial charge in [-0.15, -0.1) is 0 Å². The van der Waals surface area contributed by atoms with Crippen molar-refractivity contribution in [3.05, 3.63) is 59.8 Å². The number of rotatable bonds is 4. The third-order valence-electron chi connectivity index (χ3n) is 5.71. The van der Waals surface area contributed by atoms with Crippen molar-refractivity contribution in [2.45, 2.75) is 43.7 Å². The number of aryl methyl sites for hydroxylation is 1. The summed E-state index contributed by atoms with van der Waals surface area (Å²) in [5, 5.41) is 14.8. The largest absolute Gasteiger partial charge is 0.384 e.